The molecule has 30 heavy (non-hydrogen) atoms. The van der Waals surface area contributed by atoms with Crippen LogP contribution in [0.4, 0.5) is 5.82 Å². The van der Waals surface area contributed by atoms with Gasteiger partial charge in [-0.1, -0.05) is 12.1 Å². The van der Waals surface area contributed by atoms with E-state index in [2.05, 4.69) is 4.98 Å². The molecule has 0 aliphatic carbocycles. The van der Waals surface area contributed by atoms with E-state index in [4.69, 9.17) is 10.9 Å². The zero-order valence-corrected chi connectivity index (χ0v) is 17.3. The quantitative estimate of drug-likeness (QED) is 0.395. The summed E-state index contributed by atoms with van der Waals surface area (Å²) in [7, 11) is -3.84. The molecule has 0 aliphatic heterocycles. The maximum atomic E-state index is 12.6. The van der Waals surface area contributed by atoms with Crippen molar-refractivity contribution >= 4 is 32.3 Å². The summed E-state index contributed by atoms with van der Waals surface area (Å²) in [5.74, 6) is -0.617. The van der Waals surface area contributed by atoms with Gasteiger partial charge in [-0.15, -0.1) is 0 Å². The number of nitrogens with two attached hydrogens (primary N) is 1. The van der Waals surface area contributed by atoms with Crippen molar-refractivity contribution in [3.05, 3.63) is 59.1 Å². The molecule has 9 nitrogen and oxygen atoms in total. The Hall–Kier alpha value is -3.24. The number of hydrogen-bond donors (Lipinski definition) is 3. The minimum absolute atomic E-state index is 0.0168. The van der Waals surface area contributed by atoms with E-state index in [1.54, 1.807) is 24.5 Å². The molecule has 0 radical (unpaired) electrons. The number of sulfone groups is 1. The summed E-state index contributed by atoms with van der Waals surface area (Å²) >= 11 is 0. The minimum atomic E-state index is -3.84. The molecule has 4 N–H and O–H groups in total. The summed E-state index contributed by atoms with van der Waals surface area (Å²) in [6.07, 6.45) is 3.94. The van der Waals surface area contributed by atoms with E-state index < -0.39 is 20.5 Å². The maximum Gasteiger partial charge on any atom is 0.264 e. The fraction of sp³-hybridized carbons (Fsp3) is 0.250. The molecule has 2 aromatic heterocycles. The van der Waals surface area contributed by atoms with Gasteiger partial charge in [0.1, 0.15) is 5.82 Å². The first-order valence-electron chi connectivity index (χ1n) is 9.05. The molecule has 1 atom stereocenters. The van der Waals surface area contributed by atoms with Crippen molar-refractivity contribution in [3.63, 3.8) is 0 Å². The summed E-state index contributed by atoms with van der Waals surface area (Å²) in [6.45, 7) is 1.19. The molecule has 2 heterocycles. The predicted octanol–water partition coefficient (Wildman–Crippen LogP) is 1.34. The van der Waals surface area contributed by atoms with Gasteiger partial charge in [-0.25, -0.2) is 18.9 Å². The second kappa shape index (κ2) is 7.88. The van der Waals surface area contributed by atoms with Crippen LogP contribution in [0.1, 0.15) is 13.3 Å². The lowest BCUT2D eigenvalue weighted by Gasteiger charge is -2.25. The van der Waals surface area contributed by atoms with E-state index in [1.165, 1.54) is 23.0 Å². The first kappa shape index (κ1) is 21.5. The summed E-state index contributed by atoms with van der Waals surface area (Å²) < 4.78 is 23.6. The number of amides is 1. The number of hydroxylamine groups is 1. The number of anilines is 1. The van der Waals surface area contributed by atoms with Crippen LogP contribution in [-0.2, 0) is 21.2 Å². The molecule has 3 rings (SSSR count). The van der Waals surface area contributed by atoms with Crippen molar-refractivity contribution in [3.8, 4) is 11.1 Å². The first-order chi connectivity index (χ1) is 14.0. The molecular formula is C20H22N4O5S. The highest BCUT2D eigenvalue weighted by Gasteiger charge is 2.43. The Labute approximate surface area is 173 Å². The number of nitrogens with one attached hydrogen (secondary N) is 1. The number of aryl methyl sites for hydroxylation is 1. The number of nitrogens with zero attached hydrogens (tertiary/aromatic N) is 2. The van der Waals surface area contributed by atoms with Gasteiger partial charge in [-0.2, -0.15) is 0 Å². The standard InChI is InChI=1S/C20H22N4O5S/c1-20(19(26)23-27,30(2,28)29)6-8-24-7-5-15(11-18(24)25)13-3-4-14-10-17(21)22-12-16(14)9-13/h3-5,7,9-12,27H,6,8H2,1-2H3,(H2,21,22)(H,23,26)/t20-/m1/s1. The molecule has 10 heteroatoms. The number of aromatic nitrogens is 2. The Balaban J connectivity index is 1.88. The van der Waals surface area contributed by atoms with Crippen LogP contribution < -0.4 is 16.8 Å². The molecule has 158 valence electrons. The largest absolute Gasteiger partial charge is 0.384 e. The van der Waals surface area contributed by atoms with Gasteiger partial charge in [0.05, 0.1) is 0 Å². The van der Waals surface area contributed by atoms with Crippen LogP contribution in [-0.4, -0.2) is 40.1 Å². The Morgan fingerprint density at radius 3 is 2.53 bits per heavy atom. The number of carbonyl (C=O) groups excluding carboxylic acids is 1. The van der Waals surface area contributed by atoms with Crippen molar-refractivity contribution in [1.29, 1.82) is 0 Å². The van der Waals surface area contributed by atoms with Crippen molar-refractivity contribution in [2.75, 3.05) is 12.0 Å². The number of hydrogen-bond acceptors (Lipinski definition) is 7. The van der Waals surface area contributed by atoms with Crippen LogP contribution in [0.15, 0.2) is 53.6 Å². The van der Waals surface area contributed by atoms with Gasteiger partial charge in [0.25, 0.3) is 11.5 Å². The third kappa shape index (κ3) is 4.05. The highest BCUT2D eigenvalue weighted by molar-refractivity contribution is 7.92. The van der Waals surface area contributed by atoms with E-state index in [9.17, 15) is 18.0 Å². The van der Waals surface area contributed by atoms with Crippen molar-refractivity contribution in [2.24, 2.45) is 0 Å². The molecule has 1 amide bonds. The molecule has 3 aromatic rings. The van der Waals surface area contributed by atoms with Crippen LogP contribution >= 0.6 is 0 Å². The van der Waals surface area contributed by atoms with Crippen LogP contribution in [0, 0.1) is 0 Å². The minimum Gasteiger partial charge on any atom is -0.384 e. The molecule has 0 saturated carbocycles. The third-order valence-electron chi connectivity index (χ3n) is 5.30. The summed E-state index contributed by atoms with van der Waals surface area (Å²) in [6, 6.07) is 10.6. The van der Waals surface area contributed by atoms with Crippen molar-refractivity contribution in [1.82, 2.24) is 15.0 Å². The summed E-state index contributed by atoms with van der Waals surface area (Å²) in [4.78, 5) is 28.6. The van der Waals surface area contributed by atoms with E-state index in [1.807, 2.05) is 18.2 Å². The molecule has 0 saturated heterocycles. The summed E-state index contributed by atoms with van der Waals surface area (Å²) in [5, 5.41) is 10.7. The van der Waals surface area contributed by atoms with Crippen molar-refractivity contribution < 1.29 is 18.4 Å². The van der Waals surface area contributed by atoms with Gasteiger partial charge in [-0.05, 0) is 48.1 Å². The van der Waals surface area contributed by atoms with Gasteiger partial charge in [0.15, 0.2) is 14.6 Å². The van der Waals surface area contributed by atoms with Gasteiger partial charge in [0, 0.05) is 36.6 Å². The van der Waals surface area contributed by atoms with Crippen molar-refractivity contribution in [2.45, 2.75) is 24.6 Å². The number of nitrogen functional groups attached to an aromatic ring is 1. The molecule has 0 unspecified atom stereocenters. The van der Waals surface area contributed by atoms with Crippen LogP contribution in [0.5, 0.6) is 0 Å². The second-order valence-corrected chi connectivity index (χ2v) is 9.76. The fourth-order valence-corrected chi connectivity index (χ4v) is 3.97. The van der Waals surface area contributed by atoms with Gasteiger partial charge in [-0.3, -0.25) is 14.8 Å². The smallest absolute Gasteiger partial charge is 0.264 e. The molecular weight excluding hydrogens is 408 g/mol. The Morgan fingerprint density at radius 2 is 1.90 bits per heavy atom. The molecule has 0 fully saturated rings. The van der Waals surface area contributed by atoms with Crippen LogP contribution in [0.25, 0.3) is 21.9 Å². The predicted molar refractivity (Wildman–Crippen MR) is 114 cm³/mol. The SMILES string of the molecule is C[C@@](CCn1ccc(-c2ccc3cc(N)ncc3c2)cc1=O)(C(=O)NO)S(C)(=O)=O. The highest BCUT2D eigenvalue weighted by atomic mass is 32.2. The average molecular weight is 430 g/mol. The first-order valence-corrected chi connectivity index (χ1v) is 10.9. The van der Waals surface area contributed by atoms with Gasteiger partial charge in [0.2, 0.25) is 0 Å². The zero-order chi connectivity index (χ0) is 22.1. The Kier molecular flexibility index (Phi) is 5.64. The Bertz CT molecular complexity index is 1290. The third-order valence-corrected chi connectivity index (χ3v) is 7.33. The lowest BCUT2D eigenvalue weighted by molar-refractivity contribution is -0.131. The van der Waals surface area contributed by atoms with Crippen LogP contribution in [0.2, 0.25) is 0 Å². The van der Waals surface area contributed by atoms with E-state index >= 15 is 0 Å². The average Bonchev–Trinajstić information content (AvgIpc) is 2.70. The maximum absolute atomic E-state index is 12.6. The van der Waals surface area contributed by atoms with E-state index in [0.717, 1.165) is 22.6 Å². The normalized spacial score (nSPS) is 13.7. The molecule has 1 aromatic carbocycles. The molecule has 0 spiro atoms. The lowest BCUT2D eigenvalue weighted by Crippen LogP contribution is -2.49. The fourth-order valence-electron chi connectivity index (χ4n) is 3.13. The summed E-state index contributed by atoms with van der Waals surface area (Å²) in [5.41, 5.74) is 8.25. The monoisotopic (exact) mass is 430 g/mol. The number of pyridine rings is 2. The van der Waals surface area contributed by atoms with E-state index in [0.29, 0.717) is 11.4 Å². The van der Waals surface area contributed by atoms with Crippen LogP contribution in [0.3, 0.4) is 0 Å². The lowest BCUT2D eigenvalue weighted by atomic mass is 10.0. The highest BCUT2D eigenvalue weighted by Crippen LogP contribution is 2.25. The number of fused-ring (bicyclic) bond motifs is 1. The van der Waals surface area contributed by atoms with E-state index in [-0.39, 0.29) is 18.5 Å². The van der Waals surface area contributed by atoms with Gasteiger partial charge < -0.3 is 10.3 Å². The number of rotatable bonds is 6. The number of carbonyl (C=O) groups is 1. The Morgan fingerprint density at radius 1 is 1.20 bits per heavy atom. The second-order valence-electron chi connectivity index (χ2n) is 7.31. The van der Waals surface area contributed by atoms with Gasteiger partial charge >= 0.3 is 0 Å². The zero-order valence-electron chi connectivity index (χ0n) is 16.5. The topological polar surface area (TPSA) is 144 Å². The molecule has 0 bridgehead atoms. The number of benzene rings is 1. The molecule has 0 aliphatic rings.